The molecule has 0 saturated carbocycles. The molecule has 0 radical (unpaired) electrons. The van der Waals surface area contributed by atoms with E-state index in [4.69, 9.17) is 5.26 Å². The molecule has 0 saturated heterocycles. The summed E-state index contributed by atoms with van der Waals surface area (Å²) >= 11 is 2.80. The van der Waals surface area contributed by atoms with Gasteiger partial charge in [0, 0.05) is 17.3 Å². The Kier molecular flexibility index (Phi) is 6.80. The quantitative estimate of drug-likeness (QED) is 0.567. The van der Waals surface area contributed by atoms with Crippen molar-refractivity contribution in [3.63, 3.8) is 0 Å². The van der Waals surface area contributed by atoms with Crippen LogP contribution < -0.4 is 5.32 Å². The molecule has 0 aliphatic heterocycles. The summed E-state index contributed by atoms with van der Waals surface area (Å²) in [6.07, 6.45) is 3.66. The topological polar surface area (TPSA) is 70.7 Å². The van der Waals surface area contributed by atoms with Gasteiger partial charge in [0.05, 0.1) is 28.9 Å². The number of para-hydroxylation sites is 1. The molecule has 3 rings (SSSR count). The summed E-state index contributed by atoms with van der Waals surface area (Å²) in [6, 6.07) is 15.8. The highest BCUT2D eigenvalue weighted by Gasteiger charge is 2.12. The number of benzene rings is 2. The first-order valence-corrected chi connectivity index (χ1v) is 10.7. The van der Waals surface area contributed by atoms with Crippen LogP contribution in [0, 0.1) is 25.2 Å². The molecule has 0 bridgehead atoms. The van der Waals surface area contributed by atoms with Gasteiger partial charge in [-0.15, -0.1) is 11.8 Å². The number of imidazole rings is 1. The monoisotopic (exact) mass is 408 g/mol. The van der Waals surface area contributed by atoms with Gasteiger partial charge in [-0.25, -0.2) is 4.98 Å². The Balaban J connectivity index is 1.68. The van der Waals surface area contributed by atoms with Gasteiger partial charge < -0.3 is 5.32 Å². The van der Waals surface area contributed by atoms with Crippen molar-refractivity contribution in [3.05, 3.63) is 66.0 Å². The molecule has 0 unspecified atom stereocenters. The number of carbonyl (C=O) groups excluding carboxylic acids is 1. The summed E-state index contributed by atoms with van der Waals surface area (Å²) < 4.78 is 2.01. The molecule has 0 atom stereocenters. The largest absolute Gasteiger partial charge is 0.324 e. The Hall–Kier alpha value is -2.69. The normalized spacial score (nSPS) is 10.5. The van der Waals surface area contributed by atoms with Crippen molar-refractivity contribution in [2.45, 2.75) is 23.9 Å². The molecular formula is C21H20N4OS2. The fourth-order valence-corrected chi connectivity index (χ4v) is 4.13. The van der Waals surface area contributed by atoms with E-state index in [1.807, 2.05) is 41.1 Å². The number of hydrogen-bond donors (Lipinski definition) is 1. The lowest BCUT2D eigenvalue weighted by atomic mass is 10.1. The van der Waals surface area contributed by atoms with E-state index < -0.39 is 0 Å². The van der Waals surface area contributed by atoms with Crippen LogP contribution in [0.4, 0.5) is 5.69 Å². The minimum Gasteiger partial charge on any atom is -0.324 e. The molecule has 0 fully saturated rings. The van der Waals surface area contributed by atoms with Crippen LogP contribution in [0.15, 0.2) is 64.9 Å². The van der Waals surface area contributed by atoms with Crippen molar-refractivity contribution >= 4 is 35.1 Å². The molecule has 1 aromatic heterocycles. The number of nitriles is 1. The number of aryl methyl sites for hydroxylation is 1. The van der Waals surface area contributed by atoms with E-state index >= 15 is 0 Å². The number of nitrogens with one attached hydrogen (secondary N) is 1. The van der Waals surface area contributed by atoms with E-state index in [-0.39, 0.29) is 11.7 Å². The fourth-order valence-electron chi connectivity index (χ4n) is 2.70. The number of aromatic nitrogens is 2. The summed E-state index contributed by atoms with van der Waals surface area (Å²) in [4.78, 5) is 17.8. The lowest BCUT2D eigenvalue weighted by Crippen LogP contribution is -2.15. The Morgan fingerprint density at radius 1 is 1.18 bits per heavy atom. The molecule has 2 aromatic carbocycles. The van der Waals surface area contributed by atoms with Crippen LogP contribution in [-0.2, 0) is 4.79 Å². The smallest absolute Gasteiger partial charge is 0.234 e. The molecule has 3 aromatic rings. The van der Waals surface area contributed by atoms with Crippen LogP contribution in [0.1, 0.15) is 11.1 Å². The minimum atomic E-state index is -0.106. The zero-order valence-electron chi connectivity index (χ0n) is 15.7. The maximum atomic E-state index is 12.5. The summed E-state index contributed by atoms with van der Waals surface area (Å²) in [5.74, 6) is 0.485. The maximum Gasteiger partial charge on any atom is 0.234 e. The summed E-state index contributed by atoms with van der Waals surface area (Å²) in [5.41, 5.74) is 4.20. The number of hydrogen-bond acceptors (Lipinski definition) is 5. The number of rotatable bonds is 7. The molecule has 1 N–H and O–H groups in total. The van der Waals surface area contributed by atoms with Crippen LogP contribution in [0.5, 0.6) is 0 Å². The molecule has 0 spiro atoms. The average molecular weight is 409 g/mol. The fraction of sp³-hybridized carbons (Fsp3) is 0.190. The first kappa shape index (κ1) is 20.1. The molecule has 7 heteroatoms. The zero-order valence-corrected chi connectivity index (χ0v) is 17.3. The number of anilines is 1. The van der Waals surface area contributed by atoms with Crippen molar-refractivity contribution in [1.29, 1.82) is 5.26 Å². The van der Waals surface area contributed by atoms with Gasteiger partial charge in [-0.3, -0.25) is 9.36 Å². The van der Waals surface area contributed by atoms with Gasteiger partial charge in [-0.2, -0.15) is 5.26 Å². The molecule has 28 heavy (non-hydrogen) atoms. The maximum absolute atomic E-state index is 12.5. The second-order valence-electron chi connectivity index (χ2n) is 6.08. The highest BCUT2D eigenvalue weighted by Crippen LogP contribution is 2.28. The van der Waals surface area contributed by atoms with Gasteiger partial charge in [-0.1, -0.05) is 36.0 Å². The Morgan fingerprint density at radius 2 is 2.00 bits per heavy atom. The van der Waals surface area contributed by atoms with Gasteiger partial charge in [0.15, 0.2) is 5.16 Å². The highest BCUT2D eigenvalue weighted by molar-refractivity contribution is 8.00. The van der Waals surface area contributed by atoms with Gasteiger partial charge >= 0.3 is 0 Å². The minimum absolute atomic E-state index is 0.106. The Morgan fingerprint density at radius 3 is 2.82 bits per heavy atom. The van der Waals surface area contributed by atoms with Crippen molar-refractivity contribution in [2.75, 3.05) is 16.8 Å². The van der Waals surface area contributed by atoms with Crippen molar-refractivity contribution in [3.8, 4) is 11.8 Å². The van der Waals surface area contributed by atoms with E-state index in [2.05, 4.69) is 42.4 Å². The third-order valence-corrected chi connectivity index (χ3v) is 6.14. The summed E-state index contributed by atoms with van der Waals surface area (Å²) in [7, 11) is 0. The third kappa shape index (κ3) is 4.77. The SMILES string of the molecule is Cc1cccc(-n2ccnc2SCC(=O)Nc2ccccc2SCC#N)c1C. The van der Waals surface area contributed by atoms with Gasteiger partial charge in [0.2, 0.25) is 5.91 Å². The van der Waals surface area contributed by atoms with E-state index in [0.29, 0.717) is 5.75 Å². The molecule has 142 valence electrons. The third-order valence-electron chi connectivity index (χ3n) is 4.23. The first-order chi connectivity index (χ1) is 13.6. The number of carbonyl (C=O) groups is 1. The Bertz CT molecular complexity index is 1020. The summed E-state index contributed by atoms with van der Waals surface area (Å²) in [6.45, 7) is 4.17. The number of thioether (sulfide) groups is 2. The zero-order chi connectivity index (χ0) is 19.9. The lowest BCUT2D eigenvalue weighted by Gasteiger charge is -2.13. The van der Waals surface area contributed by atoms with Gasteiger partial charge in [0.25, 0.3) is 0 Å². The van der Waals surface area contributed by atoms with Gasteiger partial charge in [0.1, 0.15) is 0 Å². The second kappa shape index (κ2) is 9.49. The molecular weight excluding hydrogens is 388 g/mol. The van der Waals surface area contributed by atoms with Crippen LogP contribution in [0.2, 0.25) is 0 Å². The van der Waals surface area contributed by atoms with Crippen LogP contribution in [-0.4, -0.2) is 27.0 Å². The van der Waals surface area contributed by atoms with Crippen LogP contribution >= 0.6 is 23.5 Å². The van der Waals surface area contributed by atoms with Crippen LogP contribution in [0.25, 0.3) is 5.69 Å². The predicted molar refractivity (Wildman–Crippen MR) is 115 cm³/mol. The molecule has 1 amide bonds. The van der Waals surface area contributed by atoms with Crippen molar-refractivity contribution < 1.29 is 4.79 Å². The van der Waals surface area contributed by atoms with Crippen LogP contribution in [0.3, 0.4) is 0 Å². The van der Waals surface area contributed by atoms with E-state index in [0.717, 1.165) is 21.4 Å². The van der Waals surface area contributed by atoms with E-state index in [1.165, 1.54) is 34.7 Å². The van der Waals surface area contributed by atoms with Gasteiger partial charge in [-0.05, 0) is 43.2 Å². The molecule has 0 aliphatic rings. The van der Waals surface area contributed by atoms with E-state index in [1.54, 1.807) is 6.20 Å². The summed E-state index contributed by atoms with van der Waals surface area (Å²) in [5, 5.41) is 12.5. The average Bonchev–Trinajstić information content (AvgIpc) is 3.16. The molecule has 1 heterocycles. The predicted octanol–water partition coefficient (Wildman–Crippen LogP) is 4.84. The second-order valence-corrected chi connectivity index (χ2v) is 8.04. The standard InChI is InChI=1S/C21H20N4OS2/c1-15-6-5-8-18(16(15)2)25-12-11-23-21(25)28-14-20(26)24-17-7-3-4-9-19(17)27-13-10-22/h3-9,11-12H,13-14H2,1-2H3,(H,24,26). The first-order valence-electron chi connectivity index (χ1n) is 8.71. The van der Waals surface area contributed by atoms with E-state index in [9.17, 15) is 4.79 Å². The molecule has 0 aliphatic carbocycles. The van der Waals surface area contributed by atoms with Crippen molar-refractivity contribution in [2.24, 2.45) is 0 Å². The lowest BCUT2D eigenvalue weighted by molar-refractivity contribution is -0.113. The molecule has 5 nitrogen and oxygen atoms in total. The van der Waals surface area contributed by atoms with Crippen molar-refractivity contribution in [1.82, 2.24) is 9.55 Å². The highest BCUT2D eigenvalue weighted by atomic mass is 32.2. The Labute approximate surface area is 173 Å². The number of amides is 1. The number of nitrogens with zero attached hydrogens (tertiary/aromatic N) is 3.